The molecule has 0 N–H and O–H groups in total. The molecule has 0 unspecified atom stereocenters. The van der Waals surface area contributed by atoms with Crippen LogP contribution in [0, 0.1) is 0 Å². The molecule has 96 valence electrons. The van der Waals surface area contributed by atoms with Crippen LogP contribution in [-0.2, 0) is 50.2 Å². The Balaban J connectivity index is -0.000000180. The molecule has 15 heavy (non-hydrogen) atoms. The first-order valence-corrected chi connectivity index (χ1v) is 5.99. The molecule has 0 bridgehead atoms. The maximum Gasteiger partial charge on any atom is 2.00 e. The van der Waals surface area contributed by atoms with E-state index in [4.69, 9.17) is 0 Å². The first kappa shape index (κ1) is 20.8. The van der Waals surface area contributed by atoms with Crippen molar-refractivity contribution in [3.8, 4) is 0 Å². The fraction of sp³-hybridized carbons (Fsp3) is 1.00. The third kappa shape index (κ3) is 31.4. The van der Waals surface area contributed by atoms with E-state index in [9.17, 15) is 25.9 Å². The van der Waals surface area contributed by atoms with Crippen LogP contribution in [0.1, 0.15) is 13.8 Å². The zero-order valence-corrected chi connectivity index (χ0v) is 11.7. The van der Waals surface area contributed by atoms with Crippen molar-refractivity contribution in [2.45, 2.75) is 13.8 Å². The van der Waals surface area contributed by atoms with E-state index >= 15 is 0 Å². The van der Waals surface area contributed by atoms with Crippen LogP contribution in [0.2, 0.25) is 0 Å². The van der Waals surface area contributed by atoms with Gasteiger partial charge in [0, 0.05) is 0 Å². The minimum atomic E-state index is -4.42. The molecule has 0 amide bonds. The molecular formula is C4H10O8PtS2. The van der Waals surface area contributed by atoms with E-state index in [-0.39, 0.29) is 34.3 Å². The summed E-state index contributed by atoms with van der Waals surface area (Å²) in [6.45, 7) is 2.67. The van der Waals surface area contributed by atoms with Gasteiger partial charge in [0.15, 0.2) is 0 Å². The first-order valence-electron chi connectivity index (χ1n) is 3.32. The molecule has 0 aromatic carbocycles. The fourth-order valence-electron chi connectivity index (χ4n) is 0.289. The molecule has 0 saturated heterocycles. The molecular weight excluding hydrogens is 435 g/mol. The Kier molecular flexibility index (Phi) is 13.4. The summed E-state index contributed by atoms with van der Waals surface area (Å²) in [6.07, 6.45) is 0. The molecule has 0 radical (unpaired) electrons. The maximum absolute atomic E-state index is 9.45. The average Bonchev–Trinajstić information content (AvgIpc) is 1.81. The number of hydrogen-bond donors (Lipinski definition) is 0. The summed E-state index contributed by atoms with van der Waals surface area (Å²) in [5.41, 5.74) is 0. The zero-order chi connectivity index (χ0) is 11.8. The predicted molar refractivity (Wildman–Crippen MR) is 42.6 cm³/mol. The van der Waals surface area contributed by atoms with E-state index in [2.05, 4.69) is 8.37 Å². The van der Waals surface area contributed by atoms with Crippen LogP contribution in [-0.4, -0.2) is 39.2 Å². The van der Waals surface area contributed by atoms with Crippen molar-refractivity contribution in [2.24, 2.45) is 0 Å². The molecule has 0 atom stereocenters. The zero-order valence-electron chi connectivity index (χ0n) is 7.81. The number of hydrogen-bond acceptors (Lipinski definition) is 8. The van der Waals surface area contributed by atoms with Crippen LogP contribution in [0.5, 0.6) is 0 Å². The average molecular weight is 445 g/mol. The van der Waals surface area contributed by atoms with Crippen LogP contribution >= 0.6 is 0 Å². The van der Waals surface area contributed by atoms with Gasteiger partial charge in [-0.25, -0.2) is 16.8 Å². The van der Waals surface area contributed by atoms with Gasteiger partial charge < -0.3 is 9.11 Å². The summed E-state index contributed by atoms with van der Waals surface area (Å²) in [6, 6.07) is 0. The second-order valence-corrected chi connectivity index (χ2v) is 3.73. The molecule has 0 aromatic rings. The van der Waals surface area contributed by atoms with Crippen LogP contribution < -0.4 is 0 Å². The smallest absolute Gasteiger partial charge is 0.726 e. The molecule has 0 aromatic heterocycles. The molecule has 0 aliphatic heterocycles. The van der Waals surface area contributed by atoms with Gasteiger partial charge in [-0.05, 0) is 13.8 Å². The van der Waals surface area contributed by atoms with Crippen molar-refractivity contribution < 1.29 is 55.4 Å². The van der Waals surface area contributed by atoms with Gasteiger partial charge in [-0.15, -0.1) is 0 Å². The van der Waals surface area contributed by atoms with Crippen molar-refractivity contribution in [3.05, 3.63) is 0 Å². The maximum atomic E-state index is 9.45. The second kappa shape index (κ2) is 9.64. The Morgan fingerprint density at radius 3 is 1.07 bits per heavy atom. The van der Waals surface area contributed by atoms with Crippen molar-refractivity contribution in [1.82, 2.24) is 0 Å². The Morgan fingerprint density at radius 2 is 1.07 bits per heavy atom. The van der Waals surface area contributed by atoms with E-state index in [0.29, 0.717) is 0 Å². The monoisotopic (exact) mass is 445 g/mol. The normalized spacial score (nSPS) is 10.9. The predicted octanol–water partition coefficient (Wildman–Crippen LogP) is -1.04. The van der Waals surface area contributed by atoms with Crippen molar-refractivity contribution >= 4 is 20.8 Å². The summed E-state index contributed by atoms with van der Waals surface area (Å²) >= 11 is 0. The van der Waals surface area contributed by atoms with Crippen molar-refractivity contribution in [3.63, 3.8) is 0 Å². The minimum absolute atomic E-state index is 0. The molecule has 11 heteroatoms. The van der Waals surface area contributed by atoms with Crippen molar-refractivity contribution in [2.75, 3.05) is 13.2 Å². The Labute approximate surface area is 103 Å². The van der Waals surface area contributed by atoms with Gasteiger partial charge in [0.2, 0.25) is 20.8 Å². The van der Waals surface area contributed by atoms with E-state index in [1.54, 1.807) is 0 Å². The molecule has 8 nitrogen and oxygen atoms in total. The topological polar surface area (TPSA) is 133 Å². The van der Waals surface area contributed by atoms with Gasteiger partial charge in [-0.2, -0.15) is 0 Å². The summed E-state index contributed by atoms with van der Waals surface area (Å²) in [4.78, 5) is 0. The van der Waals surface area contributed by atoms with Gasteiger partial charge in [-0.3, -0.25) is 8.37 Å². The third-order valence-corrected chi connectivity index (χ3v) is 1.57. The van der Waals surface area contributed by atoms with Crippen LogP contribution in [0.25, 0.3) is 0 Å². The SMILES string of the molecule is CCOS(=O)(=O)[O-].CCOS(=O)(=O)[O-].[Pt+2]. The van der Waals surface area contributed by atoms with Gasteiger partial charge in [0.1, 0.15) is 0 Å². The standard InChI is InChI=1S/2C2H6O4S.Pt/c2*1-2-6-7(3,4)5;/h2*2H2,1H3,(H,3,4,5);/q;;+2/p-2. The largest absolute Gasteiger partial charge is 2.00 e. The van der Waals surface area contributed by atoms with E-state index in [1.165, 1.54) is 13.8 Å². The molecule has 0 aliphatic rings. The fourth-order valence-corrected chi connectivity index (χ4v) is 0.866. The first-order chi connectivity index (χ1) is 6.12. The Bertz CT molecular complexity index is 285. The van der Waals surface area contributed by atoms with Crippen LogP contribution in [0.15, 0.2) is 0 Å². The molecule has 0 aliphatic carbocycles. The minimum Gasteiger partial charge on any atom is -0.726 e. The summed E-state index contributed by atoms with van der Waals surface area (Å²) < 4.78 is 64.0. The Hall–Kier alpha value is 0.428. The van der Waals surface area contributed by atoms with E-state index in [1.807, 2.05) is 0 Å². The second-order valence-electron chi connectivity index (χ2n) is 1.63. The Morgan fingerprint density at radius 1 is 0.867 bits per heavy atom. The summed E-state index contributed by atoms with van der Waals surface area (Å²) in [5, 5.41) is 0. The van der Waals surface area contributed by atoms with Crippen LogP contribution in [0.3, 0.4) is 0 Å². The summed E-state index contributed by atoms with van der Waals surface area (Å²) in [7, 11) is -8.85. The van der Waals surface area contributed by atoms with E-state index < -0.39 is 20.8 Å². The van der Waals surface area contributed by atoms with Gasteiger partial charge >= 0.3 is 21.1 Å². The molecule has 0 rings (SSSR count). The number of rotatable bonds is 4. The molecule has 0 fully saturated rings. The molecule has 0 saturated carbocycles. The van der Waals surface area contributed by atoms with Gasteiger partial charge in [-0.1, -0.05) is 0 Å². The third-order valence-electron chi connectivity index (χ3n) is 0.524. The van der Waals surface area contributed by atoms with Crippen LogP contribution in [0.4, 0.5) is 0 Å². The van der Waals surface area contributed by atoms with Gasteiger partial charge in [0.05, 0.1) is 13.2 Å². The van der Waals surface area contributed by atoms with E-state index in [0.717, 1.165) is 0 Å². The molecule has 0 heterocycles. The van der Waals surface area contributed by atoms with Crippen molar-refractivity contribution in [1.29, 1.82) is 0 Å². The molecule has 0 spiro atoms. The quantitative estimate of drug-likeness (QED) is 0.396. The summed E-state index contributed by atoms with van der Waals surface area (Å²) in [5.74, 6) is 0. The van der Waals surface area contributed by atoms with Gasteiger partial charge in [0.25, 0.3) is 0 Å².